The summed E-state index contributed by atoms with van der Waals surface area (Å²) in [5, 5.41) is 1.07. The fourth-order valence-electron chi connectivity index (χ4n) is 4.54. The van der Waals surface area contributed by atoms with Gasteiger partial charge in [-0.1, -0.05) is 30.3 Å². The molecular formula is C22H19N3O4. The van der Waals surface area contributed by atoms with Crippen molar-refractivity contribution in [1.82, 2.24) is 9.88 Å². The predicted octanol–water partition coefficient (Wildman–Crippen LogP) is 3.41. The van der Waals surface area contributed by atoms with Crippen molar-refractivity contribution < 1.29 is 19.1 Å². The van der Waals surface area contributed by atoms with Crippen molar-refractivity contribution in [2.45, 2.75) is 25.4 Å². The first-order valence-electron chi connectivity index (χ1n) is 9.46. The molecule has 7 heteroatoms. The van der Waals surface area contributed by atoms with Gasteiger partial charge in [0.05, 0.1) is 24.4 Å². The van der Waals surface area contributed by atoms with E-state index < -0.39 is 18.0 Å². The van der Waals surface area contributed by atoms with Crippen LogP contribution < -0.4 is 4.90 Å². The van der Waals surface area contributed by atoms with E-state index in [1.807, 2.05) is 31.2 Å². The first-order chi connectivity index (χ1) is 14.0. The molecule has 1 fully saturated rings. The maximum absolute atomic E-state index is 13.3. The van der Waals surface area contributed by atoms with Gasteiger partial charge in [0.25, 0.3) is 5.91 Å². The van der Waals surface area contributed by atoms with Gasteiger partial charge in [-0.2, -0.15) is 0 Å². The number of hydrogen-bond donors (Lipinski definition) is 1. The quantitative estimate of drug-likeness (QED) is 0.538. The van der Waals surface area contributed by atoms with Crippen LogP contribution in [0.2, 0.25) is 0 Å². The van der Waals surface area contributed by atoms with Crippen molar-refractivity contribution in [2.75, 3.05) is 12.0 Å². The second kappa shape index (κ2) is 6.20. The Morgan fingerprint density at radius 1 is 1.10 bits per heavy atom. The number of H-pyrrole nitrogens is 1. The van der Waals surface area contributed by atoms with Crippen LogP contribution in [0.5, 0.6) is 0 Å². The molecule has 1 saturated heterocycles. The Kier molecular flexibility index (Phi) is 3.74. The molecule has 2 aromatic carbocycles. The Bertz CT molecular complexity index is 1180. The summed E-state index contributed by atoms with van der Waals surface area (Å²) in [4.78, 5) is 44.9. The van der Waals surface area contributed by atoms with E-state index in [2.05, 4.69) is 4.98 Å². The molecule has 7 nitrogen and oxygen atoms in total. The molecule has 2 aliphatic rings. The van der Waals surface area contributed by atoms with Crippen LogP contribution in [0, 0.1) is 0 Å². The lowest BCUT2D eigenvalue weighted by Crippen LogP contribution is -2.42. The number of carbonyl (C=O) groups excluding carboxylic acids is 3. The van der Waals surface area contributed by atoms with E-state index in [-0.39, 0.29) is 23.2 Å². The summed E-state index contributed by atoms with van der Waals surface area (Å²) in [6.45, 7) is 1.92. The number of aromatic amines is 1. The molecule has 0 bridgehead atoms. The molecule has 2 aliphatic heterocycles. The average molecular weight is 389 g/mol. The lowest BCUT2D eigenvalue weighted by Gasteiger charge is -2.33. The maximum atomic E-state index is 13.3. The summed E-state index contributed by atoms with van der Waals surface area (Å²) in [5.74, 6) is -0.913. The Morgan fingerprint density at radius 3 is 2.62 bits per heavy atom. The fraction of sp³-hybridized carbons (Fsp3) is 0.227. The molecule has 5 rings (SSSR count). The van der Waals surface area contributed by atoms with Gasteiger partial charge in [0.1, 0.15) is 6.04 Å². The van der Waals surface area contributed by atoms with Crippen molar-refractivity contribution in [2.24, 2.45) is 0 Å². The molecule has 2 atom stereocenters. The maximum Gasteiger partial charge on any atom is 0.339 e. The summed E-state index contributed by atoms with van der Waals surface area (Å²) < 4.78 is 4.83. The molecule has 29 heavy (non-hydrogen) atoms. The minimum absolute atomic E-state index is 0.188. The molecular weight excluding hydrogens is 370 g/mol. The van der Waals surface area contributed by atoms with Gasteiger partial charge < -0.3 is 14.6 Å². The Morgan fingerprint density at radius 2 is 1.83 bits per heavy atom. The summed E-state index contributed by atoms with van der Waals surface area (Å²) in [6, 6.07) is 13.1. The van der Waals surface area contributed by atoms with Gasteiger partial charge in [0.15, 0.2) is 0 Å². The number of amides is 3. The van der Waals surface area contributed by atoms with E-state index in [0.717, 1.165) is 27.1 Å². The number of esters is 1. The first-order valence-corrected chi connectivity index (χ1v) is 9.46. The van der Waals surface area contributed by atoms with Crippen LogP contribution >= 0.6 is 0 Å². The number of nitrogens with zero attached hydrogens (tertiary/aromatic N) is 2. The van der Waals surface area contributed by atoms with Crippen molar-refractivity contribution in [3.8, 4) is 0 Å². The predicted molar refractivity (Wildman–Crippen MR) is 107 cm³/mol. The molecule has 0 aliphatic carbocycles. The fourth-order valence-corrected chi connectivity index (χ4v) is 4.54. The molecule has 1 N–H and O–H groups in total. The number of rotatable bonds is 2. The van der Waals surface area contributed by atoms with Gasteiger partial charge in [0.2, 0.25) is 0 Å². The molecule has 0 spiro atoms. The highest BCUT2D eigenvalue weighted by Crippen LogP contribution is 2.42. The van der Waals surface area contributed by atoms with Crippen molar-refractivity contribution >= 4 is 34.5 Å². The third kappa shape index (κ3) is 2.33. The van der Waals surface area contributed by atoms with Crippen LogP contribution in [-0.2, 0) is 16.0 Å². The highest BCUT2D eigenvalue weighted by Gasteiger charge is 2.52. The zero-order valence-electron chi connectivity index (χ0n) is 16.0. The van der Waals surface area contributed by atoms with Crippen molar-refractivity contribution in [1.29, 1.82) is 0 Å². The number of hydrogen-bond acceptors (Lipinski definition) is 4. The van der Waals surface area contributed by atoms with Crippen LogP contribution in [0.4, 0.5) is 10.5 Å². The van der Waals surface area contributed by atoms with Crippen LogP contribution in [0.25, 0.3) is 10.9 Å². The summed E-state index contributed by atoms with van der Waals surface area (Å²) in [7, 11) is 1.27. The summed E-state index contributed by atoms with van der Waals surface area (Å²) >= 11 is 0. The number of carbonyl (C=O) groups is 3. The van der Waals surface area contributed by atoms with Gasteiger partial charge in [0, 0.05) is 23.0 Å². The van der Waals surface area contributed by atoms with Crippen LogP contribution in [0.1, 0.15) is 34.6 Å². The monoisotopic (exact) mass is 389 g/mol. The number of imide groups is 1. The summed E-state index contributed by atoms with van der Waals surface area (Å²) in [5.41, 5.74) is 3.46. The molecule has 0 unspecified atom stereocenters. The van der Waals surface area contributed by atoms with Gasteiger partial charge in [-0.25, -0.2) is 14.5 Å². The number of methoxy groups -OCH3 is 1. The SMILES string of the molecule is COC(=O)c1ccccc1N1C(=O)[C@@H]2Cc3c([nH]c4ccccc34)[C@@H](C)N2C1=O. The second-order valence-corrected chi connectivity index (χ2v) is 7.33. The van der Waals surface area contributed by atoms with E-state index >= 15 is 0 Å². The second-order valence-electron chi connectivity index (χ2n) is 7.33. The number of nitrogens with one attached hydrogen (secondary N) is 1. The largest absolute Gasteiger partial charge is 0.465 e. The van der Waals surface area contributed by atoms with E-state index in [1.54, 1.807) is 29.2 Å². The average Bonchev–Trinajstić information content (AvgIpc) is 3.23. The molecule has 3 aromatic rings. The molecule has 0 saturated carbocycles. The molecule has 0 radical (unpaired) electrons. The minimum Gasteiger partial charge on any atom is -0.465 e. The smallest absolute Gasteiger partial charge is 0.339 e. The number of benzene rings is 2. The Labute approximate surface area is 166 Å². The van der Waals surface area contributed by atoms with Gasteiger partial charge >= 0.3 is 12.0 Å². The van der Waals surface area contributed by atoms with Crippen LogP contribution in [0.3, 0.4) is 0 Å². The summed E-state index contributed by atoms with van der Waals surface area (Å²) in [6.07, 6.45) is 0.436. The zero-order chi connectivity index (χ0) is 20.3. The first kappa shape index (κ1) is 17.5. The molecule has 3 amide bonds. The van der Waals surface area contributed by atoms with E-state index in [4.69, 9.17) is 4.74 Å². The van der Waals surface area contributed by atoms with Gasteiger partial charge in [-0.15, -0.1) is 0 Å². The number of fused-ring (bicyclic) bond motifs is 4. The molecule has 1 aromatic heterocycles. The van der Waals surface area contributed by atoms with Crippen molar-refractivity contribution in [3.05, 3.63) is 65.4 Å². The normalized spacial score (nSPS) is 20.8. The number of para-hydroxylation sites is 2. The lowest BCUT2D eigenvalue weighted by atomic mass is 9.93. The highest BCUT2D eigenvalue weighted by molar-refractivity contribution is 6.23. The highest BCUT2D eigenvalue weighted by atomic mass is 16.5. The van der Waals surface area contributed by atoms with Crippen LogP contribution in [-0.4, -0.2) is 40.9 Å². The zero-order valence-corrected chi connectivity index (χ0v) is 16.0. The topological polar surface area (TPSA) is 82.7 Å². The third-order valence-electron chi connectivity index (χ3n) is 5.88. The Hall–Kier alpha value is -3.61. The van der Waals surface area contributed by atoms with Gasteiger partial charge in [-0.3, -0.25) is 4.79 Å². The molecule has 146 valence electrons. The van der Waals surface area contributed by atoms with E-state index in [1.165, 1.54) is 7.11 Å². The van der Waals surface area contributed by atoms with E-state index in [9.17, 15) is 14.4 Å². The number of aromatic nitrogens is 1. The van der Waals surface area contributed by atoms with Crippen molar-refractivity contribution in [3.63, 3.8) is 0 Å². The van der Waals surface area contributed by atoms with E-state index in [0.29, 0.717) is 6.42 Å². The number of anilines is 1. The number of ether oxygens (including phenoxy) is 1. The number of urea groups is 1. The Balaban J connectivity index is 1.60. The minimum atomic E-state index is -0.602. The van der Waals surface area contributed by atoms with Crippen LogP contribution in [0.15, 0.2) is 48.5 Å². The van der Waals surface area contributed by atoms with Gasteiger partial charge in [-0.05, 0) is 30.7 Å². The standard InChI is InChI=1S/C22H19N3O4/c1-12-19-15(13-7-3-5-9-16(13)23-19)11-18-20(26)25(22(28)24(12)18)17-10-6-4-8-14(17)21(27)29-2/h3-10,12,18,23H,11H2,1-2H3/t12-,18+/m1/s1. The lowest BCUT2D eigenvalue weighted by molar-refractivity contribution is -0.120. The molecule has 3 heterocycles. The third-order valence-corrected chi connectivity index (χ3v) is 5.88.